The molecule has 1 N–H and O–H groups in total. The Morgan fingerprint density at radius 2 is 1.83 bits per heavy atom. The van der Waals surface area contributed by atoms with Crippen LogP contribution < -0.4 is 10.2 Å². The molecule has 4 heterocycles. The minimum atomic E-state index is 0.353. The lowest BCUT2D eigenvalue weighted by Gasteiger charge is -2.40. The van der Waals surface area contributed by atoms with E-state index < -0.39 is 0 Å². The van der Waals surface area contributed by atoms with E-state index in [0.717, 1.165) is 47.9 Å². The third kappa shape index (κ3) is 4.68. The van der Waals surface area contributed by atoms with Gasteiger partial charge in [0.15, 0.2) is 5.76 Å². The van der Waals surface area contributed by atoms with Crippen LogP contribution in [0.5, 0.6) is 0 Å². The van der Waals surface area contributed by atoms with Gasteiger partial charge < -0.3 is 19.5 Å². The van der Waals surface area contributed by atoms with Gasteiger partial charge in [0.25, 0.3) is 6.01 Å². The number of halogens is 1. The Bertz CT molecular complexity index is 1160. The van der Waals surface area contributed by atoms with Gasteiger partial charge in [0.1, 0.15) is 0 Å². The van der Waals surface area contributed by atoms with Gasteiger partial charge in [-0.1, -0.05) is 23.7 Å². The summed E-state index contributed by atoms with van der Waals surface area (Å²) in [5.74, 6) is 1.60. The van der Waals surface area contributed by atoms with Gasteiger partial charge in [-0.25, -0.2) is 4.98 Å². The third-order valence-electron chi connectivity index (χ3n) is 8.54. The van der Waals surface area contributed by atoms with Gasteiger partial charge in [-0.3, -0.25) is 0 Å². The van der Waals surface area contributed by atoms with Crippen molar-refractivity contribution in [2.45, 2.75) is 44.4 Å². The van der Waals surface area contributed by atoms with Crippen molar-refractivity contribution in [1.82, 2.24) is 9.88 Å². The molecule has 0 atom stereocenters. The number of aryl methyl sites for hydroxylation is 1. The fourth-order valence-electron chi connectivity index (χ4n) is 6.21. The van der Waals surface area contributed by atoms with Crippen molar-refractivity contribution in [3.05, 3.63) is 64.8 Å². The van der Waals surface area contributed by atoms with Crippen molar-refractivity contribution in [3.8, 4) is 11.3 Å². The van der Waals surface area contributed by atoms with Crippen LogP contribution in [0.2, 0.25) is 5.02 Å². The quantitative estimate of drug-likeness (QED) is 0.450. The van der Waals surface area contributed by atoms with Crippen molar-refractivity contribution in [1.29, 1.82) is 0 Å². The molecule has 6 rings (SSSR count). The van der Waals surface area contributed by atoms with Gasteiger partial charge in [0.2, 0.25) is 0 Å². The van der Waals surface area contributed by atoms with Gasteiger partial charge >= 0.3 is 0 Å². The molecule has 3 aliphatic rings. The van der Waals surface area contributed by atoms with Crippen LogP contribution in [0.1, 0.15) is 43.2 Å². The van der Waals surface area contributed by atoms with E-state index in [4.69, 9.17) is 16.0 Å². The standard InChI is InChI=1S/C29H35ClN4O/c1-21-2-7-25-26(18-21)32-20-29(25)11-16-33(17-12-29)13-8-22-9-14-34(15-10-22)28-31-19-27(35-28)23-3-5-24(30)6-4-23/h2-7,18-19,22,32H,8-17,20H2,1H3. The number of anilines is 2. The van der Waals surface area contributed by atoms with E-state index in [1.165, 1.54) is 63.0 Å². The second-order valence-corrected chi connectivity index (χ2v) is 11.2. The van der Waals surface area contributed by atoms with Gasteiger partial charge in [0, 0.05) is 41.3 Å². The maximum absolute atomic E-state index is 6.08. The lowest BCUT2D eigenvalue weighted by Crippen LogP contribution is -2.44. The molecule has 0 radical (unpaired) electrons. The van der Waals surface area contributed by atoms with Crippen molar-refractivity contribution < 1.29 is 4.42 Å². The van der Waals surface area contributed by atoms with Crippen molar-refractivity contribution in [3.63, 3.8) is 0 Å². The highest BCUT2D eigenvalue weighted by Crippen LogP contribution is 2.44. The highest BCUT2D eigenvalue weighted by Gasteiger charge is 2.41. The molecule has 2 saturated heterocycles. The molecular formula is C29H35ClN4O. The lowest BCUT2D eigenvalue weighted by atomic mass is 9.74. The largest absolute Gasteiger partial charge is 0.423 e. The molecule has 0 unspecified atom stereocenters. The van der Waals surface area contributed by atoms with Crippen molar-refractivity contribution in [2.75, 3.05) is 49.5 Å². The lowest BCUT2D eigenvalue weighted by molar-refractivity contribution is 0.156. The summed E-state index contributed by atoms with van der Waals surface area (Å²) in [7, 11) is 0. The summed E-state index contributed by atoms with van der Waals surface area (Å²) in [6.07, 6.45) is 8.10. The van der Waals surface area contributed by atoms with Crippen LogP contribution in [-0.2, 0) is 5.41 Å². The monoisotopic (exact) mass is 490 g/mol. The van der Waals surface area contributed by atoms with Crippen LogP contribution in [0.3, 0.4) is 0 Å². The predicted molar refractivity (Wildman–Crippen MR) is 144 cm³/mol. The van der Waals surface area contributed by atoms with E-state index >= 15 is 0 Å². The van der Waals surface area contributed by atoms with Crippen LogP contribution in [0, 0.1) is 12.8 Å². The highest BCUT2D eigenvalue weighted by molar-refractivity contribution is 6.30. The number of benzene rings is 2. The van der Waals surface area contributed by atoms with Crippen molar-refractivity contribution >= 4 is 23.3 Å². The number of nitrogens with zero attached hydrogens (tertiary/aromatic N) is 3. The molecule has 5 nitrogen and oxygen atoms in total. The Hall–Kier alpha value is -2.50. The highest BCUT2D eigenvalue weighted by atomic mass is 35.5. The Morgan fingerprint density at radius 1 is 1.06 bits per heavy atom. The van der Waals surface area contributed by atoms with Crippen LogP contribution in [0.15, 0.2) is 53.1 Å². The van der Waals surface area contributed by atoms with Crippen LogP contribution >= 0.6 is 11.6 Å². The topological polar surface area (TPSA) is 44.5 Å². The number of hydrogen-bond acceptors (Lipinski definition) is 5. The van der Waals surface area contributed by atoms with E-state index in [0.29, 0.717) is 5.41 Å². The number of oxazole rings is 1. The Balaban J connectivity index is 0.967. The average molecular weight is 491 g/mol. The molecule has 184 valence electrons. The molecule has 2 fully saturated rings. The predicted octanol–water partition coefficient (Wildman–Crippen LogP) is 6.37. The summed E-state index contributed by atoms with van der Waals surface area (Å²) in [5, 5.41) is 4.42. The van der Waals surface area contributed by atoms with E-state index in [-0.39, 0.29) is 0 Å². The summed E-state index contributed by atoms with van der Waals surface area (Å²) < 4.78 is 6.08. The number of nitrogens with one attached hydrogen (secondary N) is 1. The summed E-state index contributed by atoms with van der Waals surface area (Å²) in [6, 6.07) is 15.4. The van der Waals surface area contributed by atoms with Gasteiger partial charge in [-0.05, 0) is 106 Å². The molecule has 0 aliphatic carbocycles. The second kappa shape index (κ2) is 9.51. The summed E-state index contributed by atoms with van der Waals surface area (Å²) in [5.41, 5.74) is 5.64. The summed E-state index contributed by atoms with van der Waals surface area (Å²) in [4.78, 5) is 9.55. The van der Waals surface area contributed by atoms with E-state index in [1.54, 1.807) is 5.56 Å². The molecule has 1 aromatic heterocycles. The third-order valence-corrected chi connectivity index (χ3v) is 8.79. The molecule has 1 spiro atoms. The molecular weight excluding hydrogens is 456 g/mol. The molecule has 2 aromatic carbocycles. The number of aromatic nitrogens is 1. The van der Waals surface area contributed by atoms with E-state index in [2.05, 4.69) is 45.2 Å². The minimum absolute atomic E-state index is 0.353. The van der Waals surface area contributed by atoms with Crippen LogP contribution in [0.25, 0.3) is 11.3 Å². The molecule has 0 bridgehead atoms. The van der Waals surface area contributed by atoms with E-state index in [9.17, 15) is 0 Å². The molecule has 35 heavy (non-hydrogen) atoms. The first-order valence-corrected chi connectivity index (χ1v) is 13.5. The zero-order valence-electron chi connectivity index (χ0n) is 20.6. The smallest absolute Gasteiger partial charge is 0.297 e. The Labute approximate surface area is 213 Å². The first-order valence-electron chi connectivity index (χ1n) is 13.1. The van der Waals surface area contributed by atoms with Gasteiger partial charge in [0.05, 0.1) is 6.20 Å². The molecule has 0 saturated carbocycles. The van der Waals surface area contributed by atoms with E-state index in [1.807, 2.05) is 30.5 Å². The molecule has 3 aromatic rings. The van der Waals surface area contributed by atoms with Crippen LogP contribution in [-0.4, -0.2) is 49.2 Å². The number of piperidine rings is 2. The van der Waals surface area contributed by atoms with Crippen molar-refractivity contribution in [2.24, 2.45) is 5.92 Å². The first kappa shape index (κ1) is 22.9. The van der Waals surface area contributed by atoms with Gasteiger partial charge in [-0.2, -0.15) is 0 Å². The first-order chi connectivity index (χ1) is 17.1. The molecule has 3 aliphatic heterocycles. The minimum Gasteiger partial charge on any atom is -0.423 e. The molecule has 6 heteroatoms. The number of hydrogen-bond donors (Lipinski definition) is 1. The van der Waals surface area contributed by atoms with Crippen LogP contribution in [0.4, 0.5) is 11.7 Å². The average Bonchev–Trinajstić information content (AvgIpc) is 3.50. The fourth-order valence-corrected chi connectivity index (χ4v) is 6.34. The maximum atomic E-state index is 6.08. The number of likely N-dealkylation sites (tertiary alicyclic amines) is 1. The zero-order valence-corrected chi connectivity index (χ0v) is 21.4. The molecule has 0 amide bonds. The second-order valence-electron chi connectivity index (χ2n) is 10.8. The maximum Gasteiger partial charge on any atom is 0.297 e. The summed E-state index contributed by atoms with van der Waals surface area (Å²) in [6.45, 7) is 9.01. The van der Waals surface area contributed by atoms with Gasteiger partial charge in [-0.15, -0.1) is 0 Å². The SMILES string of the molecule is Cc1ccc2c(c1)NCC21CCN(CCC2CCN(c3ncc(-c4ccc(Cl)cc4)o3)CC2)CC1. The Kier molecular flexibility index (Phi) is 6.23. The fraction of sp³-hybridized carbons (Fsp3) is 0.483. The summed E-state index contributed by atoms with van der Waals surface area (Å²) >= 11 is 6.01. The number of rotatable bonds is 5. The normalized spacial score (nSPS) is 20.2. The Morgan fingerprint density at radius 3 is 2.60 bits per heavy atom. The number of fused-ring (bicyclic) bond motifs is 2. The zero-order chi connectivity index (χ0) is 23.8.